The van der Waals surface area contributed by atoms with E-state index in [1.54, 1.807) is 0 Å². The molecule has 0 saturated heterocycles. The zero-order valence-electron chi connectivity index (χ0n) is 4.68. The van der Waals surface area contributed by atoms with Crippen LogP contribution in [-0.4, -0.2) is 26.8 Å². The number of hydrogen-bond donors (Lipinski definition) is 0. The van der Waals surface area contributed by atoms with Crippen LogP contribution < -0.4 is 5.73 Å². The summed E-state index contributed by atoms with van der Waals surface area (Å²) in [6.07, 6.45) is 0.709. The molecule has 3 heteroatoms. The summed E-state index contributed by atoms with van der Waals surface area (Å²) < 4.78 is 0. The highest BCUT2D eigenvalue weighted by Gasteiger charge is 1.86. The van der Waals surface area contributed by atoms with Crippen LogP contribution in [0.1, 0.15) is 6.42 Å². The standard InChI is InChI=1S/C5H9NOSi/c1-2-3-8-5(7)4-6/h3,6,8H,1-2,4H2. The summed E-state index contributed by atoms with van der Waals surface area (Å²) in [5, 5.41) is 0.0497. The highest BCUT2D eigenvalue weighted by molar-refractivity contribution is 6.78. The Morgan fingerprint density at radius 1 is 1.88 bits per heavy atom. The summed E-state index contributed by atoms with van der Waals surface area (Å²) in [5.74, 6) is 0. The van der Waals surface area contributed by atoms with E-state index in [4.69, 9.17) is 5.73 Å². The Hall–Kier alpha value is -0.283. The molecule has 0 amide bonds. The van der Waals surface area contributed by atoms with Gasteiger partial charge in [-0.25, -0.2) is 0 Å². The lowest BCUT2D eigenvalue weighted by Gasteiger charge is -1.79. The Kier molecular flexibility index (Phi) is 4.69. The van der Waals surface area contributed by atoms with E-state index in [1.807, 2.05) is 5.67 Å². The van der Waals surface area contributed by atoms with Gasteiger partial charge in [-0.1, -0.05) is 5.67 Å². The number of rotatable bonds is 3. The van der Waals surface area contributed by atoms with Crippen LogP contribution in [0, 0.1) is 6.92 Å². The third-order valence-electron chi connectivity index (χ3n) is 0.645. The quantitative estimate of drug-likeness (QED) is 0.460. The molecule has 0 rings (SSSR count). The van der Waals surface area contributed by atoms with Crippen molar-refractivity contribution in [3.8, 4) is 0 Å². The van der Waals surface area contributed by atoms with Crippen molar-refractivity contribution in [2.24, 2.45) is 0 Å². The van der Waals surface area contributed by atoms with Gasteiger partial charge in [0.1, 0.15) is 5.41 Å². The predicted octanol–water partition coefficient (Wildman–Crippen LogP) is -0.741. The van der Waals surface area contributed by atoms with Crippen molar-refractivity contribution in [3.05, 3.63) is 6.92 Å². The van der Waals surface area contributed by atoms with E-state index < -0.39 is 0 Å². The first kappa shape index (κ1) is 7.72. The normalized spacial score (nSPS) is 10.2. The molecule has 0 saturated carbocycles. The van der Waals surface area contributed by atoms with Crippen molar-refractivity contribution in [1.82, 2.24) is 5.73 Å². The van der Waals surface area contributed by atoms with Crippen LogP contribution >= 0.6 is 0 Å². The fraction of sp³-hybridized carbons (Fsp3) is 0.400. The highest BCUT2D eigenvalue weighted by Crippen LogP contribution is 1.61. The maximum absolute atomic E-state index is 10.4. The van der Waals surface area contributed by atoms with Crippen molar-refractivity contribution in [3.63, 3.8) is 0 Å². The fourth-order valence-corrected chi connectivity index (χ4v) is 0.821. The molecule has 0 aliphatic heterocycles. The molecule has 0 fully saturated rings. The van der Waals surface area contributed by atoms with Gasteiger partial charge in [0.15, 0.2) is 0 Å². The van der Waals surface area contributed by atoms with Gasteiger partial charge in [0.2, 0.25) is 0 Å². The lowest BCUT2D eigenvalue weighted by molar-refractivity contribution is -0.110. The molecule has 44 valence electrons. The molecule has 0 aliphatic carbocycles. The van der Waals surface area contributed by atoms with Crippen LogP contribution in [0.5, 0.6) is 0 Å². The molecule has 8 heavy (non-hydrogen) atoms. The fourth-order valence-electron chi connectivity index (χ4n) is 0.274. The molecule has 1 N–H and O–H groups in total. The summed E-state index contributed by atoms with van der Waals surface area (Å²) in [7, 11) is -0.243. The first-order valence-corrected chi connectivity index (χ1v) is 3.69. The van der Waals surface area contributed by atoms with Gasteiger partial charge < -0.3 is 0 Å². The summed E-state index contributed by atoms with van der Waals surface area (Å²) >= 11 is 0. The van der Waals surface area contributed by atoms with E-state index in [0.29, 0.717) is 6.42 Å². The third-order valence-corrected chi connectivity index (χ3v) is 1.79. The van der Waals surface area contributed by atoms with E-state index in [1.165, 1.54) is 0 Å². The minimum absolute atomic E-state index is 0.0497. The Balaban J connectivity index is 3.37. The topological polar surface area (TPSA) is 40.9 Å². The molecule has 0 spiro atoms. The van der Waals surface area contributed by atoms with Crippen LogP contribution in [0.15, 0.2) is 0 Å². The zero-order valence-corrected chi connectivity index (χ0v) is 5.84. The Bertz CT molecular complexity index is 101. The molecular weight excluding hydrogens is 118 g/mol. The first-order chi connectivity index (χ1) is 3.81. The van der Waals surface area contributed by atoms with E-state index >= 15 is 0 Å². The molecule has 2 nitrogen and oxygen atoms in total. The van der Waals surface area contributed by atoms with Gasteiger partial charge in [0.05, 0.1) is 15.7 Å². The largest absolute Gasteiger partial charge is 0.300 e. The minimum Gasteiger partial charge on any atom is -0.300 e. The second-order valence-corrected chi connectivity index (χ2v) is 2.78. The van der Waals surface area contributed by atoms with Gasteiger partial charge in [0.25, 0.3) is 0 Å². The smallest absolute Gasteiger partial charge is 0.141 e. The second kappa shape index (κ2) is 4.87. The molecule has 0 bridgehead atoms. The molecule has 0 atom stereocenters. The monoisotopic (exact) mass is 127 g/mol. The van der Waals surface area contributed by atoms with Crippen LogP contribution in [0.25, 0.3) is 0 Å². The van der Waals surface area contributed by atoms with Crippen molar-refractivity contribution in [2.75, 3.05) is 6.54 Å². The predicted molar refractivity (Wildman–Crippen MR) is 36.2 cm³/mol. The van der Waals surface area contributed by atoms with Crippen molar-refractivity contribution < 1.29 is 4.79 Å². The number of carbonyl (C=O) groups is 1. The maximum atomic E-state index is 10.4. The number of nitrogens with one attached hydrogen (secondary N) is 1. The van der Waals surface area contributed by atoms with E-state index in [2.05, 4.69) is 6.92 Å². The van der Waals surface area contributed by atoms with E-state index in [-0.39, 0.29) is 21.1 Å². The lowest BCUT2D eigenvalue weighted by Crippen LogP contribution is -2.09. The Morgan fingerprint density at radius 2 is 2.50 bits per heavy atom. The maximum Gasteiger partial charge on any atom is 0.141 e. The number of carbonyl (C=O) groups excluding carboxylic acids is 1. The summed E-state index contributed by atoms with van der Waals surface area (Å²) in [4.78, 5) is 10.4. The van der Waals surface area contributed by atoms with Crippen LogP contribution in [0.4, 0.5) is 0 Å². The van der Waals surface area contributed by atoms with Crippen molar-refractivity contribution in [1.29, 1.82) is 0 Å². The second-order valence-electron chi connectivity index (χ2n) is 1.33. The van der Waals surface area contributed by atoms with Gasteiger partial charge in [0, 0.05) is 0 Å². The van der Waals surface area contributed by atoms with Crippen LogP contribution in [0.2, 0.25) is 0 Å². The Labute approximate surface area is 51.5 Å². The highest BCUT2D eigenvalue weighted by atomic mass is 28.2. The zero-order chi connectivity index (χ0) is 6.41. The van der Waals surface area contributed by atoms with Gasteiger partial charge >= 0.3 is 0 Å². The van der Waals surface area contributed by atoms with Gasteiger partial charge in [-0.2, -0.15) is 0 Å². The third kappa shape index (κ3) is 3.89. The minimum atomic E-state index is -0.243. The molecule has 0 heterocycles. The molecule has 0 aromatic carbocycles. The number of hydrogen-bond acceptors (Lipinski definition) is 1. The van der Waals surface area contributed by atoms with Gasteiger partial charge in [-0.05, 0) is 13.3 Å². The summed E-state index contributed by atoms with van der Waals surface area (Å²) in [6, 6.07) is 0. The van der Waals surface area contributed by atoms with Gasteiger partial charge in [-0.15, -0.1) is 0 Å². The van der Waals surface area contributed by atoms with Gasteiger partial charge in [-0.3, -0.25) is 10.5 Å². The molecule has 0 aromatic rings. The first-order valence-electron chi connectivity index (χ1n) is 2.44. The van der Waals surface area contributed by atoms with Crippen molar-refractivity contribution >= 4 is 20.2 Å². The molecule has 0 aromatic heterocycles. The summed E-state index contributed by atoms with van der Waals surface area (Å²) in [6.45, 7) is 3.48. The Morgan fingerprint density at radius 3 is 2.88 bits per heavy atom. The van der Waals surface area contributed by atoms with E-state index in [9.17, 15) is 4.79 Å². The SMILES string of the molecule is [CH2]CC=[SiH]C(=O)C[NH]. The van der Waals surface area contributed by atoms with Crippen LogP contribution in [-0.2, 0) is 4.79 Å². The lowest BCUT2D eigenvalue weighted by atomic mass is 10.6. The molecule has 0 unspecified atom stereocenters. The van der Waals surface area contributed by atoms with Crippen LogP contribution in [0.3, 0.4) is 0 Å². The molecule has 2 radical (unpaired) electrons. The van der Waals surface area contributed by atoms with Crippen molar-refractivity contribution in [2.45, 2.75) is 6.42 Å². The van der Waals surface area contributed by atoms with E-state index in [0.717, 1.165) is 0 Å². The summed E-state index contributed by atoms with van der Waals surface area (Å²) in [5.41, 5.74) is 8.48. The average molecular weight is 127 g/mol. The molecule has 0 aliphatic rings. The molecular formula is C5H9NOSi. The average Bonchev–Trinajstić information content (AvgIpc) is 1.83.